The number of Topliss-reactive ketones (excluding diaryl/α,β-unsaturated/α-hetero) is 1. The molecular weight excluding hydrogens is 302 g/mol. The molecule has 0 fully saturated rings. The van der Waals surface area contributed by atoms with Gasteiger partial charge in [0.15, 0.2) is 5.78 Å². The molecule has 6 heteroatoms. The second-order valence-corrected chi connectivity index (χ2v) is 6.37. The van der Waals surface area contributed by atoms with Crippen LogP contribution in [-0.4, -0.2) is 22.0 Å². The number of aromatic hydroxyl groups is 1. The second-order valence-electron chi connectivity index (χ2n) is 5.23. The zero-order valence-electron chi connectivity index (χ0n) is 11.8. The van der Waals surface area contributed by atoms with E-state index in [4.69, 9.17) is 5.11 Å². The maximum Gasteiger partial charge on any atom is 0.339 e. The number of thioether (sulfide) groups is 1. The van der Waals surface area contributed by atoms with Crippen molar-refractivity contribution >= 4 is 29.2 Å². The molecule has 22 heavy (non-hydrogen) atoms. The van der Waals surface area contributed by atoms with E-state index >= 15 is 0 Å². The molecule has 0 aromatic heterocycles. The number of allylic oxidation sites excluding steroid dienone is 3. The highest BCUT2D eigenvalue weighted by Crippen LogP contribution is 2.45. The van der Waals surface area contributed by atoms with Crippen molar-refractivity contribution in [2.24, 2.45) is 0 Å². The monoisotopic (exact) mass is 317 g/mol. The lowest BCUT2D eigenvalue weighted by Gasteiger charge is -2.09. The molecule has 0 spiro atoms. The summed E-state index contributed by atoms with van der Waals surface area (Å²) >= 11 is 1.51. The van der Waals surface area contributed by atoms with E-state index in [9.17, 15) is 14.7 Å². The van der Waals surface area contributed by atoms with Gasteiger partial charge in [-0.05, 0) is 42.7 Å². The van der Waals surface area contributed by atoms with Gasteiger partial charge in [0, 0.05) is 23.5 Å². The minimum Gasteiger partial charge on any atom is -0.507 e. The van der Waals surface area contributed by atoms with E-state index < -0.39 is 5.97 Å². The molecule has 1 aliphatic heterocycles. The van der Waals surface area contributed by atoms with Crippen molar-refractivity contribution in [3.05, 3.63) is 45.3 Å². The molecule has 0 radical (unpaired) electrons. The fraction of sp³-hybridized carbons (Fsp3) is 0.250. The van der Waals surface area contributed by atoms with Crippen LogP contribution in [0.3, 0.4) is 0 Å². The Morgan fingerprint density at radius 2 is 2.05 bits per heavy atom. The number of rotatable bonds is 3. The van der Waals surface area contributed by atoms with Gasteiger partial charge in [0.05, 0.1) is 4.91 Å². The number of aromatic carboxylic acids is 1. The van der Waals surface area contributed by atoms with Gasteiger partial charge in [0.2, 0.25) is 0 Å². The van der Waals surface area contributed by atoms with E-state index in [-0.39, 0.29) is 17.1 Å². The van der Waals surface area contributed by atoms with Crippen LogP contribution in [0.5, 0.6) is 5.75 Å². The van der Waals surface area contributed by atoms with Gasteiger partial charge in [-0.1, -0.05) is 11.8 Å². The van der Waals surface area contributed by atoms with E-state index in [1.807, 2.05) is 0 Å². The van der Waals surface area contributed by atoms with Crippen molar-refractivity contribution in [1.29, 1.82) is 0 Å². The zero-order valence-corrected chi connectivity index (χ0v) is 12.6. The molecule has 1 aromatic carbocycles. The summed E-state index contributed by atoms with van der Waals surface area (Å²) < 4.78 is 0. The molecule has 2 aliphatic rings. The Balaban J connectivity index is 1.74. The summed E-state index contributed by atoms with van der Waals surface area (Å²) in [7, 11) is 0. The third-order valence-electron chi connectivity index (χ3n) is 3.75. The van der Waals surface area contributed by atoms with E-state index in [1.54, 1.807) is 12.3 Å². The van der Waals surface area contributed by atoms with Gasteiger partial charge >= 0.3 is 5.97 Å². The number of carboxylic acid groups (broad SMARTS) is 1. The predicted molar refractivity (Wildman–Crippen MR) is 84.9 cm³/mol. The number of carbonyl (C=O) groups excluding carboxylic acids is 1. The van der Waals surface area contributed by atoms with Crippen LogP contribution in [0.1, 0.15) is 36.0 Å². The first-order valence-corrected chi connectivity index (χ1v) is 7.85. The van der Waals surface area contributed by atoms with Crippen LogP contribution in [0.15, 0.2) is 39.8 Å². The van der Waals surface area contributed by atoms with Gasteiger partial charge in [-0.25, -0.2) is 4.79 Å². The third-order valence-corrected chi connectivity index (χ3v) is 4.97. The summed E-state index contributed by atoms with van der Waals surface area (Å²) in [6, 6.07) is 4.21. The highest BCUT2D eigenvalue weighted by atomic mass is 32.2. The van der Waals surface area contributed by atoms with Gasteiger partial charge in [0.25, 0.3) is 0 Å². The van der Waals surface area contributed by atoms with E-state index in [2.05, 4.69) is 5.32 Å². The Bertz CT molecular complexity index is 721. The van der Waals surface area contributed by atoms with Crippen LogP contribution in [0.4, 0.5) is 5.69 Å². The first-order valence-electron chi connectivity index (χ1n) is 7.04. The van der Waals surface area contributed by atoms with E-state index in [0.29, 0.717) is 10.6 Å². The molecule has 0 amide bonds. The summed E-state index contributed by atoms with van der Waals surface area (Å²) in [6.45, 7) is 0. The number of carbonyl (C=O) groups is 2. The number of anilines is 1. The van der Waals surface area contributed by atoms with Crippen LogP contribution in [0.25, 0.3) is 0 Å². The fourth-order valence-corrected chi connectivity index (χ4v) is 3.77. The molecule has 1 aromatic rings. The SMILES string of the molecule is O=C1C2=C(CCCC2)S/C1=C\Nc1ccc(C(=O)O)c(O)c1. The van der Waals surface area contributed by atoms with Crippen molar-refractivity contribution in [3.8, 4) is 5.75 Å². The number of benzene rings is 1. The van der Waals surface area contributed by atoms with Crippen molar-refractivity contribution in [2.75, 3.05) is 5.32 Å². The standard InChI is InChI=1S/C16H15NO4S/c18-12-7-9(5-6-10(12)16(20)21)17-8-14-15(19)11-3-1-2-4-13(11)22-14/h5-8,17-18H,1-4H2,(H,20,21)/b14-8-. The molecule has 0 unspecified atom stereocenters. The van der Waals surface area contributed by atoms with Crippen LogP contribution in [0, 0.1) is 0 Å². The highest BCUT2D eigenvalue weighted by molar-refractivity contribution is 8.08. The largest absolute Gasteiger partial charge is 0.507 e. The number of hydrogen-bond donors (Lipinski definition) is 3. The van der Waals surface area contributed by atoms with Crippen LogP contribution >= 0.6 is 11.8 Å². The summed E-state index contributed by atoms with van der Waals surface area (Å²) in [6.07, 6.45) is 5.64. The maximum absolute atomic E-state index is 12.3. The molecular formula is C16H15NO4S. The Kier molecular flexibility index (Phi) is 3.94. The lowest BCUT2D eigenvalue weighted by molar-refractivity contribution is -0.111. The average Bonchev–Trinajstić information content (AvgIpc) is 2.82. The van der Waals surface area contributed by atoms with Gasteiger partial charge in [-0.15, -0.1) is 0 Å². The number of nitrogens with one attached hydrogen (secondary N) is 1. The van der Waals surface area contributed by atoms with Crippen LogP contribution < -0.4 is 5.32 Å². The predicted octanol–water partition coefficient (Wildman–Crippen LogP) is 3.49. The molecule has 1 aliphatic carbocycles. The Hall–Kier alpha value is -2.21. The molecule has 0 atom stereocenters. The molecule has 1 heterocycles. The molecule has 0 saturated heterocycles. The lowest BCUT2D eigenvalue weighted by atomic mass is 9.96. The Morgan fingerprint density at radius 1 is 1.27 bits per heavy atom. The van der Waals surface area contributed by atoms with E-state index in [1.165, 1.54) is 28.8 Å². The van der Waals surface area contributed by atoms with Crippen LogP contribution in [-0.2, 0) is 4.79 Å². The number of hydrogen-bond acceptors (Lipinski definition) is 5. The maximum atomic E-state index is 12.3. The topological polar surface area (TPSA) is 86.6 Å². The minimum atomic E-state index is -1.18. The summed E-state index contributed by atoms with van der Waals surface area (Å²) in [5.74, 6) is -1.40. The summed E-state index contributed by atoms with van der Waals surface area (Å²) in [5.41, 5.74) is 1.32. The summed E-state index contributed by atoms with van der Waals surface area (Å²) in [5, 5.41) is 21.5. The number of ketones is 1. The number of phenols is 1. The van der Waals surface area contributed by atoms with Gasteiger partial charge in [-0.2, -0.15) is 0 Å². The smallest absolute Gasteiger partial charge is 0.339 e. The zero-order chi connectivity index (χ0) is 15.7. The van der Waals surface area contributed by atoms with Crippen molar-refractivity contribution < 1.29 is 19.8 Å². The van der Waals surface area contributed by atoms with Crippen molar-refractivity contribution in [2.45, 2.75) is 25.7 Å². The van der Waals surface area contributed by atoms with Crippen molar-refractivity contribution in [3.63, 3.8) is 0 Å². The molecule has 0 saturated carbocycles. The Morgan fingerprint density at radius 3 is 2.73 bits per heavy atom. The fourth-order valence-electron chi connectivity index (χ4n) is 2.60. The molecule has 0 bridgehead atoms. The first-order chi connectivity index (χ1) is 10.6. The van der Waals surface area contributed by atoms with Gasteiger partial charge in [0.1, 0.15) is 11.3 Å². The third kappa shape index (κ3) is 2.74. The van der Waals surface area contributed by atoms with Crippen molar-refractivity contribution in [1.82, 2.24) is 0 Å². The minimum absolute atomic E-state index is 0.0820. The first kappa shape index (κ1) is 14.7. The van der Waals surface area contributed by atoms with E-state index in [0.717, 1.165) is 31.3 Å². The van der Waals surface area contributed by atoms with Gasteiger partial charge < -0.3 is 15.5 Å². The molecule has 3 rings (SSSR count). The quantitative estimate of drug-likeness (QED) is 0.740. The Labute approximate surface area is 131 Å². The number of carboxylic acids is 1. The second kappa shape index (κ2) is 5.88. The summed E-state index contributed by atoms with van der Waals surface area (Å²) in [4.78, 5) is 24.9. The van der Waals surface area contributed by atoms with Crippen LogP contribution in [0.2, 0.25) is 0 Å². The highest BCUT2D eigenvalue weighted by Gasteiger charge is 2.30. The normalized spacial score (nSPS) is 19.5. The molecule has 5 nitrogen and oxygen atoms in total. The van der Waals surface area contributed by atoms with Gasteiger partial charge in [-0.3, -0.25) is 4.79 Å². The lowest BCUT2D eigenvalue weighted by Crippen LogP contribution is -2.03. The molecule has 114 valence electrons. The average molecular weight is 317 g/mol. The molecule has 3 N–H and O–H groups in total.